The van der Waals surface area contributed by atoms with Crippen molar-refractivity contribution in [3.63, 3.8) is 0 Å². The normalized spacial score (nSPS) is 19.2. The molecule has 0 aromatic heterocycles. The molecule has 8 nitrogen and oxygen atoms in total. The number of ether oxygens (including phenoxy) is 2. The van der Waals surface area contributed by atoms with Crippen molar-refractivity contribution in [3.05, 3.63) is 59.2 Å². The third kappa shape index (κ3) is 5.65. The zero-order valence-corrected chi connectivity index (χ0v) is 18.3. The van der Waals surface area contributed by atoms with Crippen molar-refractivity contribution in [2.45, 2.75) is 42.3 Å². The molecule has 0 spiro atoms. The molecule has 30 heavy (non-hydrogen) atoms. The quantitative estimate of drug-likeness (QED) is 0.539. The zero-order chi connectivity index (χ0) is 21.9. The maximum atomic E-state index is 11.7. The van der Waals surface area contributed by atoms with E-state index in [4.69, 9.17) is 18.2 Å². The molecular weight excluding hydrogens is 432 g/mol. The molecule has 2 aliphatic rings. The van der Waals surface area contributed by atoms with E-state index in [0.29, 0.717) is 25.4 Å². The summed E-state index contributed by atoms with van der Waals surface area (Å²) in [6.07, 6.45) is 0.282. The van der Waals surface area contributed by atoms with Crippen molar-refractivity contribution in [1.82, 2.24) is 0 Å². The van der Waals surface area contributed by atoms with E-state index in [0.717, 1.165) is 17.5 Å². The Bertz CT molecular complexity index is 1080. The van der Waals surface area contributed by atoms with Crippen molar-refractivity contribution in [2.75, 3.05) is 19.8 Å². The third-order valence-electron chi connectivity index (χ3n) is 4.67. The van der Waals surface area contributed by atoms with E-state index in [9.17, 15) is 16.8 Å². The van der Waals surface area contributed by atoms with E-state index >= 15 is 0 Å². The standard InChI is InChI=1S/2C10H12O4S/c1-8-2-4-10(5-3-8)15(11,12)14-9-6-13-7-9;1-7-2-3-10(15(11,12)13)8(6-7)9-4-5-14-9/h2-5,9H,6-7H2,1H3;2-3,6,9H,4-5H2,1H3,(H,11,12,13). The predicted molar refractivity (Wildman–Crippen MR) is 108 cm³/mol. The van der Waals surface area contributed by atoms with Crippen LogP contribution in [0.3, 0.4) is 0 Å². The number of rotatable bonds is 5. The number of benzene rings is 2. The zero-order valence-electron chi connectivity index (χ0n) is 16.6. The largest absolute Gasteiger partial charge is 0.376 e. The minimum absolute atomic E-state index is 0.0437. The Labute approximate surface area is 176 Å². The van der Waals surface area contributed by atoms with E-state index < -0.39 is 20.2 Å². The van der Waals surface area contributed by atoms with Gasteiger partial charge in [-0.2, -0.15) is 16.8 Å². The van der Waals surface area contributed by atoms with E-state index in [-0.39, 0.29) is 22.0 Å². The first-order valence-corrected chi connectivity index (χ1v) is 12.2. The summed E-state index contributed by atoms with van der Waals surface area (Å²) in [5, 5.41) is 0. The van der Waals surface area contributed by atoms with Gasteiger partial charge in [-0.25, -0.2) is 0 Å². The maximum Gasteiger partial charge on any atom is 0.297 e. The molecule has 0 radical (unpaired) electrons. The van der Waals surface area contributed by atoms with Gasteiger partial charge in [0.1, 0.15) is 6.10 Å². The summed E-state index contributed by atoms with van der Waals surface area (Å²) >= 11 is 0. The summed E-state index contributed by atoms with van der Waals surface area (Å²) < 4.78 is 69.6. The Morgan fingerprint density at radius 2 is 1.57 bits per heavy atom. The van der Waals surface area contributed by atoms with Gasteiger partial charge < -0.3 is 9.47 Å². The van der Waals surface area contributed by atoms with Crippen LogP contribution in [0.4, 0.5) is 0 Å². The monoisotopic (exact) mass is 456 g/mol. The highest BCUT2D eigenvalue weighted by Gasteiger charge is 2.28. The highest BCUT2D eigenvalue weighted by Crippen LogP contribution is 2.34. The number of aryl methyl sites for hydroxylation is 2. The minimum Gasteiger partial charge on any atom is -0.376 e. The second-order valence-corrected chi connectivity index (χ2v) is 10.1. The van der Waals surface area contributed by atoms with Crippen LogP contribution in [-0.4, -0.2) is 47.3 Å². The van der Waals surface area contributed by atoms with Gasteiger partial charge in [-0.05, 0) is 32.0 Å². The molecule has 4 rings (SSSR count). The lowest BCUT2D eigenvalue weighted by Gasteiger charge is -2.28. The van der Waals surface area contributed by atoms with Gasteiger partial charge in [0, 0.05) is 12.0 Å². The molecular formula is C20H24O8S2. The van der Waals surface area contributed by atoms with Gasteiger partial charge in [-0.15, -0.1) is 0 Å². The Kier molecular flexibility index (Phi) is 6.95. The van der Waals surface area contributed by atoms with Crippen LogP contribution in [0, 0.1) is 13.8 Å². The fourth-order valence-corrected chi connectivity index (χ4v) is 4.62. The second kappa shape index (κ2) is 9.13. The van der Waals surface area contributed by atoms with E-state index in [1.54, 1.807) is 36.4 Å². The van der Waals surface area contributed by atoms with Crippen molar-refractivity contribution in [2.24, 2.45) is 0 Å². The molecule has 1 unspecified atom stereocenters. The van der Waals surface area contributed by atoms with Crippen LogP contribution in [0.1, 0.15) is 29.2 Å². The van der Waals surface area contributed by atoms with Gasteiger partial charge in [0.15, 0.2) is 0 Å². The maximum absolute atomic E-state index is 11.7. The minimum atomic E-state index is -4.15. The molecule has 0 saturated carbocycles. The lowest BCUT2D eigenvalue weighted by molar-refractivity contribution is -0.0769. The Hall–Kier alpha value is -1.82. The van der Waals surface area contributed by atoms with Crippen LogP contribution in [0.15, 0.2) is 52.3 Å². The number of hydrogen-bond donors (Lipinski definition) is 1. The summed E-state index contributed by atoms with van der Waals surface area (Å²) in [7, 11) is -7.77. The molecule has 0 amide bonds. The van der Waals surface area contributed by atoms with Crippen molar-refractivity contribution in [1.29, 1.82) is 0 Å². The van der Waals surface area contributed by atoms with E-state index in [1.807, 2.05) is 13.8 Å². The molecule has 0 aliphatic carbocycles. The highest BCUT2D eigenvalue weighted by atomic mass is 32.2. The molecule has 1 atom stereocenters. The SMILES string of the molecule is Cc1ccc(S(=O)(=O)O)c(C2CCO2)c1.Cc1ccc(S(=O)(=O)OC2COC2)cc1. The van der Waals surface area contributed by atoms with Gasteiger partial charge in [0.2, 0.25) is 0 Å². The predicted octanol–water partition coefficient (Wildman–Crippen LogP) is 2.80. The molecule has 2 heterocycles. The highest BCUT2D eigenvalue weighted by molar-refractivity contribution is 7.86. The molecule has 2 aromatic rings. The fraction of sp³-hybridized carbons (Fsp3) is 0.400. The summed E-state index contributed by atoms with van der Waals surface area (Å²) in [6.45, 7) is 5.12. The first-order valence-electron chi connectivity index (χ1n) is 9.33. The first kappa shape index (κ1) is 22.9. The van der Waals surface area contributed by atoms with Crippen LogP contribution in [0.5, 0.6) is 0 Å². The first-order chi connectivity index (χ1) is 14.1. The smallest absolute Gasteiger partial charge is 0.297 e. The average molecular weight is 457 g/mol. The summed E-state index contributed by atoms with van der Waals surface area (Å²) in [5.74, 6) is 0. The topological polar surface area (TPSA) is 116 Å². The van der Waals surface area contributed by atoms with Gasteiger partial charge in [-0.3, -0.25) is 8.74 Å². The van der Waals surface area contributed by atoms with Gasteiger partial charge in [-0.1, -0.05) is 35.4 Å². The molecule has 2 saturated heterocycles. The molecule has 10 heteroatoms. The van der Waals surface area contributed by atoms with Crippen molar-refractivity contribution in [3.8, 4) is 0 Å². The summed E-state index contributed by atoms with van der Waals surface area (Å²) in [4.78, 5) is 0.151. The van der Waals surface area contributed by atoms with Gasteiger partial charge in [0.05, 0.1) is 35.7 Å². The van der Waals surface area contributed by atoms with E-state index in [2.05, 4.69) is 0 Å². The van der Waals surface area contributed by atoms with Crippen molar-refractivity contribution < 1.29 is 35.0 Å². The van der Waals surface area contributed by atoms with E-state index in [1.165, 1.54) is 6.07 Å². The lowest BCUT2D eigenvalue weighted by atomic mass is 10.0. The summed E-state index contributed by atoms with van der Waals surface area (Å²) in [5.41, 5.74) is 2.53. The van der Waals surface area contributed by atoms with Gasteiger partial charge >= 0.3 is 0 Å². The number of hydrogen-bond acceptors (Lipinski definition) is 7. The Balaban J connectivity index is 0.000000171. The van der Waals surface area contributed by atoms with Crippen LogP contribution >= 0.6 is 0 Å². The Morgan fingerprint density at radius 1 is 0.967 bits per heavy atom. The van der Waals surface area contributed by atoms with Crippen LogP contribution in [-0.2, 0) is 33.9 Å². The third-order valence-corrected chi connectivity index (χ3v) is 6.97. The molecule has 164 valence electrons. The second-order valence-electron chi connectivity index (χ2n) is 7.19. The Morgan fingerprint density at radius 3 is 2.03 bits per heavy atom. The van der Waals surface area contributed by atoms with Crippen molar-refractivity contribution >= 4 is 20.2 Å². The van der Waals surface area contributed by atoms with Crippen LogP contribution < -0.4 is 0 Å². The molecule has 2 aliphatic heterocycles. The summed E-state index contributed by atoms with van der Waals surface area (Å²) in [6, 6.07) is 11.4. The van der Waals surface area contributed by atoms with Gasteiger partial charge in [0.25, 0.3) is 20.2 Å². The molecule has 2 aromatic carbocycles. The van der Waals surface area contributed by atoms with Crippen LogP contribution in [0.25, 0.3) is 0 Å². The average Bonchev–Trinajstić information content (AvgIpc) is 2.57. The molecule has 2 fully saturated rings. The lowest BCUT2D eigenvalue weighted by Crippen LogP contribution is -2.37. The molecule has 1 N–H and O–H groups in total. The fourth-order valence-electron chi connectivity index (χ4n) is 2.84. The van der Waals surface area contributed by atoms with Crippen LogP contribution in [0.2, 0.25) is 0 Å². The molecule has 0 bridgehead atoms.